The van der Waals surface area contributed by atoms with E-state index in [-0.39, 0.29) is 5.91 Å². The third-order valence-electron chi connectivity index (χ3n) is 3.91. The topological polar surface area (TPSA) is 95.5 Å². The first-order valence-corrected chi connectivity index (χ1v) is 7.68. The highest BCUT2D eigenvalue weighted by molar-refractivity contribution is 5.95. The fraction of sp³-hybridized carbons (Fsp3) is 0.105. The number of hydrogen-bond acceptors (Lipinski definition) is 3. The van der Waals surface area contributed by atoms with Crippen molar-refractivity contribution in [1.29, 1.82) is 0 Å². The second kappa shape index (κ2) is 6.60. The number of anilines is 1. The van der Waals surface area contributed by atoms with Gasteiger partial charge in [0.25, 0.3) is 0 Å². The van der Waals surface area contributed by atoms with Crippen molar-refractivity contribution >= 4 is 23.5 Å². The Morgan fingerprint density at radius 1 is 1.00 bits per heavy atom. The quantitative estimate of drug-likeness (QED) is 0.748. The summed E-state index contributed by atoms with van der Waals surface area (Å²) < 4.78 is 0. The van der Waals surface area contributed by atoms with Crippen LogP contribution in [0.2, 0.25) is 0 Å². The van der Waals surface area contributed by atoms with Gasteiger partial charge in [0.2, 0.25) is 11.8 Å². The lowest BCUT2D eigenvalue weighted by atomic mass is 10.0. The van der Waals surface area contributed by atoms with Crippen molar-refractivity contribution in [3.63, 3.8) is 0 Å². The molecular formula is C19H16N2O4. The van der Waals surface area contributed by atoms with Crippen LogP contribution in [0.3, 0.4) is 0 Å². The Balaban J connectivity index is 1.99. The van der Waals surface area contributed by atoms with Gasteiger partial charge in [0.1, 0.15) is 0 Å². The van der Waals surface area contributed by atoms with Gasteiger partial charge in [-0.05, 0) is 34.4 Å². The third kappa shape index (κ3) is 3.42. The molecule has 3 N–H and O–H groups in total. The number of carboxylic acids is 1. The minimum atomic E-state index is -1.18. The molecule has 0 radical (unpaired) electrons. The zero-order valence-electron chi connectivity index (χ0n) is 13.4. The van der Waals surface area contributed by atoms with Crippen molar-refractivity contribution in [3.8, 4) is 11.1 Å². The molecule has 1 aliphatic rings. The number of nitrogens with one attached hydrogen (secondary N) is 2. The number of rotatable bonds is 4. The van der Waals surface area contributed by atoms with Gasteiger partial charge in [0.05, 0.1) is 6.04 Å². The van der Waals surface area contributed by atoms with Crippen LogP contribution in [0.4, 0.5) is 5.69 Å². The second-order valence-electron chi connectivity index (χ2n) is 5.68. The number of aliphatic carboxylic acids is 1. The van der Waals surface area contributed by atoms with Crippen molar-refractivity contribution in [3.05, 3.63) is 65.7 Å². The fourth-order valence-corrected chi connectivity index (χ4v) is 2.98. The largest absolute Gasteiger partial charge is 0.478 e. The first-order valence-electron chi connectivity index (χ1n) is 7.68. The molecule has 0 unspecified atom stereocenters. The van der Waals surface area contributed by atoms with Crippen LogP contribution in [0.5, 0.6) is 0 Å². The molecule has 0 aromatic heterocycles. The first kappa shape index (κ1) is 16.4. The molecule has 6 heteroatoms. The van der Waals surface area contributed by atoms with E-state index in [1.54, 1.807) is 0 Å². The van der Waals surface area contributed by atoms with Crippen LogP contribution in [-0.2, 0) is 14.4 Å². The third-order valence-corrected chi connectivity index (χ3v) is 3.91. The average molecular weight is 336 g/mol. The van der Waals surface area contributed by atoms with Gasteiger partial charge in [-0.2, -0.15) is 0 Å². The highest BCUT2D eigenvalue weighted by Gasteiger charge is 2.29. The van der Waals surface area contributed by atoms with E-state index >= 15 is 0 Å². The summed E-state index contributed by atoms with van der Waals surface area (Å²) in [5.41, 5.74) is 4.38. The number of amides is 2. The van der Waals surface area contributed by atoms with E-state index < -0.39 is 17.9 Å². The Bertz CT molecular complexity index is 902. The minimum Gasteiger partial charge on any atom is -0.478 e. The smallest absolute Gasteiger partial charge is 0.328 e. The lowest BCUT2D eigenvalue weighted by Crippen LogP contribution is -2.26. The number of carbonyl (C=O) groups excluding carboxylic acids is 2. The standard InChI is InChI=1S/C19H16N2O4/c1-11(22)20-12-6-7-14-13-4-2-3-5-15(13)19(16(14)10-12)21-17(23)8-9-18(24)25/h2-10,19H,1H3,(H,20,22)(H,21,23)(H,24,25)/b9-8+/t19-/m1/s1. The molecule has 6 nitrogen and oxygen atoms in total. The molecule has 126 valence electrons. The monoisotopic (exact) mass is 336 g/mol. The van der Waals surface area contributed by atoms with Gasteiger partial charge in [-0.25, -0.2) is 4.79 Å². The summed E-state index contributed by atoms with van der Waals surface area (Å²) in [5.74, 6) is -1.87. The Labute approximate surface area is 144 Å². The van der Waals surface area contributed by atoms with E-state index in [1.807, 2.05) is 42.5 Å². The molecule has 0 saturated heterocycles. The molecule has 25 heavy (non-hydrogen) atoms. The molecule has 0 bridgehead atoms. The molecule has 2 amide bonds. The molecule has 0 fully saturated rings. The summed E-state index contributed by atoms with van der Waals surface area (Å²) in [4.78, 5) is 33.9. The van der Waals surface area contributed by atoms with Gasteiger partial charge in [0, 0.05) is 24.8 Å². The van der Waals surface area contributed by atoms with Gasteiger partial charge >= 0.3 is 5.97 Å². The minimum absolute atomic E-state index is 0.180. The summed E-state index contributed by atoms with van der Waals surface area (Å²) in [6.45, 7) is 1.43. The van der Waals surface area contributed by atoms with Crippen LogP contribution in [-0.4, -0.2) is 22.9 Å². The normalized spacial score (nSPS) is 14.7. The SMILES string of the molecule is CC(=O)Nc1ccc2c(c1)[C@H](NC(=O)/C=C/C(=O)O)c1ccccc1-2. The van der Waals surface area contributed by atoms with E-state index in [9.17, 15) is 14.4 Å². The zero-order chi connectivity index (χ0) is 18.0. The maximum absolute atomic E-state index is 12.1. The molecule has 1 aliphatic carbocycles. The van der Waals surface area contributed by atoms with E-state index in [4.69, 9.17) is 5.11 Å². The lowest BCUT2D eigenvalue weighted by molar-refractivity contribution is -0.131. The van der Waals surface area contributed by atoms with Crippen molar-refractivity contribution in [2.45, 2.75) is 13.0 Å². The predicted octanol–water partition coefficient (Wildman–Crippen LogP) is 2.47. The molecule has 2 aromatic carbocycles. The molecular weight excluding hydrogens is 320 g/mol. The Kier molecular flexibility index (Phi) is 4.35. The maximum Gasteiger partial charge on any atom is 0.328 e. The van der Waals surface area contributed by atoms with E-state index in [0.717, 1.165) is 34.4 Å². The van der Waals surface area contributed by atoms with Crippen LogP contribution >= 0.6 is 0 Å². The van der Waals surface area contributed by atoms with Gasteiger partial charge in [0.15, 0.2) is 0 Å². The summed E-state index contributed by atoms with van der Waals surface area (Å²) in [6.07, 6.45) is 1.78. The Hall–Kier alpha value is -3.41. The summed E-state index contributed by atoms with van der Waals surface area (Å²) in [6, 6.07) is 12.8. The number of carboxylic acid groups (broad SMARTS) is 1. The highest BCUT2D eigenvalue weighted by atomic mass is 16.4. The molecule has 0 heterocycles. The predicted molar refractivity (Wildman–Crippen MR) is 92.9 cm³/mol. The summed E-state index contributed by atoms with van der Waals surface area (Å²) in [5, 5.41) is 14.2. The molecule has 2 aromatic rings. The van der Waals surface area contributed by atoms with Crippen LogP contribution in [0.15, 0.2) is 54.6 Å². The van der Waals surface area contributed by atoms with E-state index in [0.29, 0.717) is 5.69 Å². The fourth-order valence-electron chi connectivity index (χ4n) is 2.98. The summed E-state index contributed by atoms with van der Waals surface area (Å²) in [7, 11) is 0. The maximum atomic E-state index is 12.1. The van der Waals surface area contributed by atoms with Gasteiger partial charge in [-0.15, -0.1) is 0 Å². The lowest BCUT2D eigenvalue weighted by Gasteiger charge is -2.15. The number of fused-ring (bicyclic) bond motifs is 3. The van der Waals surface area contributed by atoms with Crippen molar-refractivity contribution < 1.29 is 19.5 Å². The van der Waals surface area contributed by atoms with Gasteiger partial charge < -0.3 is 15.7 Å². The number of carbonyl (C=O) groups is 3. The number of hydrogen-bond donors (Lipinski definition) is 3. The van der Waals surface area contributed by atoms with E-state index in [2.05, 4.69) is 10.6 Å². The second-order valence-corrected chi connectivity index (χ2v) is 5.68. The van der Waals surface area contributed by atoms with Crippen molar-refractivity contribution in [2.24, 2.45) is 0 Å². The highest BCUT2D eigenvalue weighted by Crippen LogP contribution is 2.44. The average Bonchev–Trinajstić information content (AvgIpc) is 2.86. The molecule has 0 aliphatic heterocycles. The summed E-state index contributed by atoms with van der Waals surface area (Å²) >= 11 is 0. The first-order chi connectivity index (χ1) is 12.0. The molecule has 1 atom stereocenters. The van der Waals surface area contributed by atoms with Crippen LogP contribution in [0.1, 0.15) is 24.1 Å². The molecule has 0 saturated carbocycles. The zero-order valence-corrected chi connectivity index (χ0v) is 13.4. The molecule has 3 rings (SSSR count). The van der Waals surface area contributed by atoms with E-state index in [1.165, 1.54) is 6.92 Å². The van der Waals surface area contributed by atoms with Crippen LogP contribution < -0.4 is 10.6 Å². The van der Waals surface area contributed by atoms with Crippen LogP contribution in [0, 0.1) is 0 Å². The molecule has 0 spiro atoms. The Morgan fingerprint density at radius 3 is 2.44 bits per heavy atom. The Morgan fingerprint density at radius 2 is 1.72 bits per heavy atom. The van der Waals surface area contributed by atoms with Crippen molar-refractivity contribution in [2.75, 3.05) is 5.32 Å². The van der Waals surface area contributed by atoms with Crippen molar-refractivity contribution in [1.82, 2.24) is 5.32 Å². The van der Waals surface area contributed by atoms with Gasteiger partial charge in [-0.3, -0.25) is 9.59 Å². The van der Waals surface area contributed by atoms with Gasteiger partial charge in [-0.1, -0.05) is 30.3 Å². The van der Waals surface area contributed by atoms with Crippen LogP contribution in [0.25, 0.3) is 11.1 Å². The number of benzene rings is 2.